The summed E-state index contributed by atoms with van der Waals surface area (Å²) in [7, 11) is 5.43. The molecule has 1 aromatic heterocycles. The Labute approximate surface area is 266 Å². The first-order chi connectivity index (χ1) is 22.2. The smallest absolute Gasteiger partial charge is 0.299 e. The zero-order valence-corrected chi connectivity index (χ0v) is 25.7. The van der Waals surface area contributed by atoms with Gasteiger partial charge in [0.15, 0.2) is 0 Å². The number of hydrogen-bond acceptors (Lipinski definition) is 6. The Morgan fingerprint density at radius 3 is 2.30 bits per heavy atom. The van der Waals surface area contributed by atoms with Gasteiger partial charge in [0.25, 0.3) is 17.6 Å². The first-order valence-electron chi connectivity index (χ1n) is 14.8. The number of aromatic amines is 1. The number of para-hydroxylation sites is 2. The summed E-state index contributed by atoms with van der Waals surface area (Å²) in [6, 6.07) is 27.6. The summed E-state index contributed by atoms with van der Waals surface area (Å²) in [5.74, 6) is -1.76. The monoisotopic (exact) mass is 615 g/mol. The van der Waals surface area contributed by atoms with E-state index in [0.29, 0.717) is 22.7 Å². The molecule has 1 aliphatic heterocycles. The lowest BCUT2D eigenvalue weighted by atomic mass is 10.0. The van der Waals surface area contributed by atoms with E-state index in [1.54, 1.807) is 61.8 Å². The second-order valence-electron chi connectivity index (χ2n) is 11.2. The van der Waals surface area contributed by atoms with Crippen LogP contribution in [0.25, 0.3) is 10.9 Å². The molecule has 2 N–H and O–H groups in total. The zero-order valence-electron chi connectivity index (χ0n) is 25.7. The second-order valence-corrected chi connectivity index (χ2v) is 11.2. The van der Waals surface area contributed by atoms with Crippen LogP contribution in [0.1, 0.15) is 27.5 Å². The highest BCUT2D eigenvalue weighted by Gasteiger charge is 2.40. The molecule has 10 heteroatoms. The van der Waals surface area contributed by atoms with Crippen molar-refractivity contribution in [1.82, 2.24) is 9.88 Å². The Bertz CT molecular complexity index is 1930. The Morgan fingerprint density at radius 2 is 1.59 bits per heavy atom. The van der Waals surface area contributed by atoms with Crippen molar-refractivity contribution in [2.75, 3.05) is 42.9 Å². The van der Waals surface area contributed by atoms with Crippen molar-refractivity contribution in [2.24, 2.45) is 0 Å². The molecule has 1 aliphatic rings. The average molecular weight is 616 g/mol. The molecule has 1 atom stereocenters. The molecule has 46 heavy (non-hydrogen) atoms. The van der Waals surface area contributed by atoms with Gasteiger partial charge >= 0.3 is 0 Å². The van der Waals surface area contributed by atoms with E-state index >= 15 is 0 Å². The first-order valence-corrected chi connectivity index (χ1v) is 14.8. The molecule has 0 aliphatic carbocycles. The van der Waals surface area contributed by atoms with Gasteiger partial charge in [-0.05, 0) is 60.2 Å². The molecule has 4 aromatic carbocycles. The summed E-state index contributed by atoms with van der Waals surface area (Å²) in [6.45, 7) is -0.390. The number of ketones is 1. The van der Waals surface area contributed by atoms with Crippen LogP contribution >= 0.6 is 0 Å². The molecule has 1 unspecified atom stereocenters. The number of hydrogen-bond donors (Lipinski definition) is 2. The maximum absolute atomic E-state index is 14.4. The first kappa shape index (κ1) is 30.1. The number of anilines is 3. The number of rotatable bonds is 10. The minimum Gasteiger partial charge on any atom is -0.497 e. The van der Waals surface area contributed by atoms with Crippen LogP contribution in [-0.2, 0) is 20.9 Å². The molecule has 0 spiro atoms. The molecule has 0 radical (unpaired) electrons. The third kappa shape index (κ3) is 5.80. The van der Waals surface area contributed by atoms with E-state index in [-0.39, 0.29) is 12.1 Å². The number of amides is 3. The topological polar surface area (TPSA) is 115 Å². The van der Waals surface area contributed by atoms with Gasteiger partial charge in [-0.25, -0.2) is 0 Å². The molecular formula is C36H33N5O5. The average Bonchev–Trinajstić information content (AvgIpc) is 3.60. The lowest BCUT2D eigenvalue weighted by Gasteiger charge is -2.32. The largest absolute Gasteiger partial charge is 0.497 e. The molecule has 3 amide bonds. The zero-order chi connectivity index (χ0) is 32.4. The number of methoxy groups -OCH3 is 1. The van der Waals surface area contributed by atoms with E-state index in [1.165, 1.54) is 9.80 Å². The van der Waals surface area contributed by atoms with Crippen LogP contribution in [0.15, 0.2) is 103 Å². The van der Waals surface area contributed by atoms with E-state index in [9.17, 15) is 19.2 Å². The summed E-state index contributed by atoms with van der Waals surface area (Å²) < 4.78 is 5.32. The predicted octanol–water partition coefficient (Wildman–Crippen LogP) is 5.18. The minimum atomic E-state index is -1.11. The van der Waals surface area contributed by atoms with Crippen LogP contribution in [-0.4, -0.2) is 61.1 Å². The van der Waals surface area contributed by atoms with Crippen LogP contribution in [0, 0.1) is 0 Å². The van der Waals surface area contributed by atoms with Crippen LogP contribution in [0.4, 0.5) is 17.1 Å². The predicted molar refractivity (Wildman–Crippen MR) is 177 cm³/mol. The Balaban J connectivity index is 1.42. The number of benzene rings is 4. The maximum atomic E-state index is 14.4. The van der Waals surface area contributed by atoms with Gasteiger partial charge in [-0.3, -0.25) is 24.1 Å². The van der Waals surface area contributed by atoms with Crippen molar-refractivity contribution in [3.05, 3.63) is 120 Å². The number of nitrogens with zero attached hydrogens (tertiary/aromatic N) is 3. The van der Waals surface area contributed by atoms with E-state index in [1.807, 2.05) is 67.5 Å². The van der Waals surface area contributed by atoms with Gasteiger partial charge in [-0.15, -0.1) is 0 Å². The fourth-order valence-corrected chi connectivity index (χ4v) is 5.71. The van der Waals surface area contributed by atoms with Crippen molar-refractivity contribution in [2.45, 2.75) is 12.6 Å². The number of H-pyrrole nitrogens is 1. The van der Waals surface area contributed by atoms with Gasteiger partial charge in [0.2, 0.25) is 5.91 Å². The van der Waals surface area contributed by atoms with Crippen molar-refractivity contribution in [1.29, 1.82) is 0 Å². The minimum absolute atomic E-state index is 0.0393. The third-order valence-corrected chi connectivity index (χ3v) is 8.13. The Morgan fingerprint density at radius 1 is 0.891 bits per heavy atom. The van der Waals surface area contributed by atoms with Gasteiger partial charge in [0, 0.05) is 54.7 Å². The quantitative estimate of drug-likeness (QED) is 0.209. The normalized spacial score (nSPS) is 13.0. The lowest BCUT2D eigenvalue weighted by Crippen LogP contribution is -2.46. The van der Waals surface area contributed by atoms with Gasteiger partial charge in [-0.1, -0.05) is 42.5 Å². The number of carbonyl (C=O) groups excluding carboxylic acids is 4. The Hall–Kier alpha value is -5.90. The van der Waals surface area contributed by atoms with Crippen LogP contribution in [0.5, 0.6) is 5.75 Å². The van der Waals surface area contributed by atoms with Crippen molar-refractivity contribution in [3.8, 4) is 5.75 Å². The molecule has 6 rings (SSSR count). The number of ether oxygens (including phenoxy) is 1. The standard InChI is InChI=1S/C36H33N5O5/c1-39(2)25-16-14-24(15-17-25)38-35(44)33(29-20-37-30-10-6-4-8-27(29)30)41(21-23-12-18-26(46-3)19-13-23)32(42)22-40-31-11-7-5-9-28(31)34(43)36(40)45/h4-20,33,37H,21-22H2,1-3H3,(H,38,44). The highest BCUT2D eigenvalue weighted by atomic mass is 16.5. The molecule has 232 valence electrons. The van der Waals surface area contributed by atoms with Crippen LogP contribution in [0.2, 0.25) is 0 Å². The Kier molecular flexibility index (Phi) is 8.26. The lowest BCUT2D eigenvalue weighted by molar-refractivity contribution is -0.139. The van der Waals surface area contributed by atoms with Crippen molar-refractivity contribution >= 4 is 51.5 Å². The molecule has 0 saturated carbocycles. The molecule has 0 fully saturated rings. The highest BCUT2D eigenvalue weighted by Crippen LogP contribution is 2.33. The SMILES string of the molecule is COc1ccc(CN(C(=O)CN2C(=O)C(=O)c3ccccc32)C(C(=O)Nc2ccc(N(C)C)cc2)c2c[nH]c3ccccc23)cc1. The molecule has 0 saturated heterocycles. The molecule has 0 bridgehead atoms. The maximum Gasteiger partial charge on any atom is 0.299 e. The van der Waals surface area contributed by atoms with E-state index in [0.717, 1.165) is 22.2 Å². The van der Waals surface area contributed by atoms with Crippen molar-refractivity contribution < 1.29 is 23.9 Å². The van der Waals surface area contributed by atoms with Crippen molar-refractivity contribution in [3.63, 3.8) is 0 Å². The fourth-order valence-electron chi connectivity index (χ4n) is 5.71. The van der Waals surface area contributed by atoms with Gasteiger partial charge in [0.05, 0.1) is 18.4 Å². The van der Waals surface area contributed by atoms with E-state index < -0.39 is 36.1 Å². The number of aromatic nitrogens is 1. The molecule has 10 nitrogen and oxygen atoms in total. The summed E-state index contributed by atoms with van der Waals surface area (Å²) in [4.78, 5) is 62.5. The van der Waals surface area contributed by atoms with E-state index in [2.05, 4.69) is 10.3 Å². The third-order valence-electron chi connectivity index (χ3n) is 8.13. The molecule has 5 aromatic rings. The number of nitrogens with one attached hydrogen (secondary N) is 2. The van der Waals surface area contributed by atoms with Gasteiger partial charge in [-0.2, -0.15) is 0 Å². The number of carbonyl (C=O) groups is 4. The van der Waals surface area contributed by atoms with Crippen LogP contribution in [0.3, 0.4) is 0 Å². The second kappa shape index (κ2) is 12.6. The molecular weight excluding hydrogens is 582 g/mol. The van der Waals surface area contributed by atoms with E-state index in [4.69, 9.17) is 4.74 Å². The number of Topliss-reactive ketones (excluding diaryl/α,β-unsaturated/α-hetero) is 1. The fraction of sp³-hybridized carbons (Fsp3) is 0.167. The van der Waals surface area contributed by atoms with Crippen LogP contribution < -0.4 is 19.9 Å². The number of fused-ring (bicyclic) bond motifs is 2. The highest BCUT2D eigenvalue weighted by molar-refractivity contribution is 6.52. The summed E-state index contributed by atoms with van der Waals surface area (Å²) in [5, 5.41) is 3.78. The summed E-state index contributed by atoms with van der Waals surface area (Å²) in [6.07, 6.45) is 1.73. The van der Waals surface area contributed by atoms with Gasteiger partial charge in [0.1, 0.15) is 18.3 Å². The summed E-state index contributed by atoms with van der Waals surface area (Å²) >= 11 is 0. The molecule has 2 heterocycles. The summed E-state index contributed by atoms with van der Waals surface area (Å²) in [5.41, 5.74) is 4.27. The van der Waals surface area contributed by atoms with Gasteiger partial charge < -0.3 is 24.8 Å².